The largest absolute Gasteiger partial charge is 0.396 e. The molecule has 0 bridgehead atoms. The van der Waals surface area contributed by atoms with Crippen molar-refractivity contribution in [2.45, 2.75) is 12.8 Å². The normalized spacial score (nSPS) is 16.5. The molecule has 104 valence electrons. The average molecular weight is 303 g/mol. The third-order valence-corrected chi connectivity index (χ3v) is 3.89. The number of nitrogens with one attached hydrogen (secondary N) is 1. The van der Waals surface area contributed by atoms with Crippen molar-refractivity contribution >= 4 is 34.9 Å². The first-order chi connectivity index (χ1) is 9.10. The van der Waals surface area contributed by atoms with Crippen LogP contribution >= 0.6 is 23.2 Å². The zero-order chi connectivity index (χ0) is 13.8. The maximum absolute atomic E-state index is 12.1. The van der Waals surface area contributed by atoms with E-state index in [9.17, 15) is 4.79 Å². The second-order valence-corrected chi connectivity index (χ2v) is 5.51. The summed E-state index contributed by atoms with van der Waals surface area (Å²) in [4.78, 5) is 13.8. The number of hydrogen-bond acceptors (Lipinski definition) is 2. The zero-order valence-electron chi connectivity index (χ0n) is 10.4. The molecule has 0 spiro atoms. The molecule has 2 N–H and O–H groups in total. The molecule has 2 amide bonds. The SMILES string of the molecule is O=C(Nc1cc(Cl)ccc1Cl)N1CCC(CO)CC1. The van der Waals surface area contributed by atoms with Crippen LogP contribution < -0.4 is 5.32 Å². The number of carbonyl (C=O) groups is 1. The summed E-state index contributed by atoms with van der Waals surface area (Å²) in [5.41, 5.74) is 0.517. The van der Waals surface area contributed by atoms with Gasteiger partial charge < -0.3 is 15.3 Å². The van der Waals surface area contributed by atoms with Gasteiger partial charge in [-0.15, -0.1) is 0 Å². The van der Waals surface area contributed by atoms with Gasteiger partial charge in [0.25, 0.3) is 0 Å². The molecular formula is C13H16Cl2N2O2. The number of urea groups is 1. The van der Waals surface area contributed by atoms with E-state index in [1.165, 1.54) is 0 Å². The molecule has 1 aliphatic heterocycles. The second-order valence-electron chi connectivity index (χ2n) is 4.67. The van der Waals surface area contributed by atoms with E-state index in [4.69, 9.17) is 28.3 Å². The first-order valence-corrected chi connectivity index (χ1v) is 6.97. The molecule has 2 rings (SSSR count). The fraction of sp³-hybridized carbons (Fsp3) is 0.462. The average Bonchev–Trinajstić information content (AvgIpc) is 2.43. The van der Waals surface area contributed by atoms with Gasteiger partial charge in [0.2, 0.25) is 0 Å². The highest BCUT2D eigenvalue weighted by molar-refractivity contribution is 6.35. The molecule has 0 aliphatic carbocycles. The van der Waals surface area contributed by atoms with Gasteiger partial charge in [0.05, 0.1) is 10.7 Å². The van der Waals surface area contributed by atoms with Crippen LogP contribution in [0.4, 0.5) is 10.5 Å². The van der Waals surface area contributed by atoms with Crippen LogP contribution in [0.25, 0.3) is 0 Å². The van der Waals surface area contributed by atoms with Gasteiger partial charge in [-0.2, -0.15) is 0 Å². The fourth-order valence-corrected chi connectivity index (χ4v) is 2.44. The van der Waals surface area contributed by atoms with Crippen LogP contribution in [-0.2, 0) is 0 Å². The lowest BCUT2D eigenvalue weighted by atomic mass is 9.98. The summed E-state index contributed by atoms with van der Waals surface area (Å²) in [6, 6.07) is 4.77. The molecule has 4 nitrogen and oxygen atoms in total. The Labute approximate surface area is 122 Å². The van der Waals surface area contributed by atoms with Crippen molar-refractivity contribution in [3.63, 3.8) is 0 Å². The number of nitrogens with zero attached hydrogens (tertiary/aromatic N) is 1. The maximum Gasteiger partial charge on any atom is 0.321 e. The molecule has 0 atom stereocenters. The highest BCUT2D eigenvalue weighted by Gasteiger charge is 2.22. The Balaban J connectivity index is 1.96. The van der Waals surface area contributed by atoms with Crippen LogP contribution in [0.5, 0.6) is 0 Å². The van der Waals surface area contributed by atoms with Gasteiger partial charge in [0, 0.05) is 24.7 Å². The number of aliphatic hydroxyl groups is 1. The highest BCUT2D eigenvalue weighted by Crippen LogP contribution is 2.26. The van der Waals surface area contributed by atoms with E-state index in [0.717, 1.165) is 12.8 Å². The summed E-state index contributed by atoms with van der Waals surface area (Å²) in [7, 11) is 0. The van der Waals surface area contributed by atoms with Crippen LogP contribution in [0.15, 0.2) is 18.2 Å². The number of likely N-dealkylation sites (tertiary alicyclic amines) is 1. The lowest BCUT2D eigenvalue weighted by Crippen LogP contribution is -2.41. The lowest BCUT2D eigenvalue weighted by Gasteiger charge is -2.31. The molecule has 0 saturated carbocycles. The molecule has 1 heterocycles. The van der Waals surface area contributed by atoms with Gasteiger partial charge in [-0.1, -0.05) is 23.2 Å². The summed E-state index contributed by atoms with van der Waals surface area (Å²) >= 11 is 11.9. The molecular weight excluding hydrogens is 287 g/mol. The summed E-state index contributed by atoms with van der Waals surface area (Å²) < 4.78 is 0. The van der Waals surface area contributed by atoms with E-state index in [1.54, 1.807) is 23.1 Å². The standard InChI is InChI=1S/C13H16Cl2N2O2/c14-10-1-2-11(15)12(7-10)16-13(19)17-5-3-9(8-18)4-6-17/h1-2,7,9,18H,3-6,8H2,(H,16,19). The topological polar surface area (TPSA) is 52.6 Å². The third kappa shape index (κ3) is 3.75. The van der Waals surface area contributed by atoms with Crippen LogP contribution in [0.1, 0.15) is 12.8 Å². The molecule has 0 unspecified atom stereocenters. The van der Waals surface area contributed by atoms with E-state index in [1.807, 2.05) is 0 Å². The van der Waals surface area contributed by atoms with Crippen molar-refractivity contribution in [2.24, 2.45) is 5.92 Å². The minimum Gasteiger partial charge on any atom is -0.396 e. The lowest BCUT2D eigenvalue weighted by molar-refractivity contribution is 0.143. The van der Waals surface area contributed by atoms with Gasteiger partial charge >= 0.3 is 6.03 Å². The van der Waals surface area contributed by atoms with Gasteiger partial charge in [-0.05, 0) is 37.0 Å². The minimum absolute atomic E-state index is 0.180. The Morgan fingerprint density at radius 3 is 2.68 bits per heavy atom. The molecule has 1 fully saturated rings. The number of aliphatic hydroxyl groups excluding tert-OH is 1. The van der Waals surface area contributed by atoms with Gasteiger partial charge in [-0.25, -0.2) is 4.79 Å². The summed E-state index contributed by atoms with van der Waals surface area (Å²) in [6.45, 7) is 1.49. The smallest absolute Gasteiger partial charge is 0.321 e. The van der Waals surface area contributed by atoms with Crippen molar-refractivity contribution in [1.82, 2.24) is 4.90 Å². The number of anilines is 1. The van der Waals surface area contributed by atoms with E-state index in [-0.39, 0.29) is 12.6 Å². The predicted molar refractivity (Wildman–Crippen MR) is 76.9 cm³/mol. The zero-order valence-corrected chi connectivity index (χ0v) is 11.9. The number of hydrogen-bond donors (Lipinski definition) is 2. The van der Waals surface area contributed by atoms with Crippen molar-refractivity contribution in [3.8, 4) is 0 Å². The van der Waals surface area contributed by atoms with Crippen molar-refractivity contribution in [2.75, 3.05) is 25.0 Å². The number of halogens is 2. The Morgan fingerprint density at radius 1 is 1.37 bits per heavy atom. The number of rotatable bonds is 2. The van der Waals surface area contributed by atoms with Gasteiger partial charge in [0.15, 0.2) is 0 Å². The van der Waals surface area contributed by atoms with Crippen LogP contribution in [0, 0.1) is 5.92 Å². The van der Waals surface area contributed by atoms with Crippen LogP contribution in [-0.4, -0.2) is 35.7 Å². The molecule has 0 aromatic heterocycles. The molecule has 0 radical (unpaired) electrons. The van der Waals surface area contributed by atoms with Crippen molar-refractivity contribution < 1.29 is 9.90 Å². The Kier molecular flexibility index (Phi) is 4.91. The highest BCUT2D eigenvalue weighted by atomic mass is 35.5. The third-order valence-electron chi connectivity index (χ3n) is 3.33. The van der Waals surface area contributed by atoms with E-state index in [2.05, 4.69) is 5.32 Å². The van der Waals surface area contributed by atoms with E-state index < -0.39 is 0 Å². The Bertz CT molecular complexity index is 460. The first-order valence-electron chi connectivity index (χ1n) is 6.22. The monoisotopic (exact) mass is 302 g/mol. The first kappa shape index (κ1) is 14.4. The fourth-order valence-electron chi connectivity index (χ4n) is 2.11. The summed E-state index contributed by atoms with van der Waals surface area (Å²) in [5.74, 6) is 0.304. The second kappa shape index (κ2) is 6.46. The number of carbonyl (C=O) groups excluding carboxylic acids is 1. The van der Waals surface area contributed by atoms with Crippen molar-refractivity contribution in [3.05, 3.63) is 28.2 Å². The molecule has 1 aromatic carbocycles. The van der Waals surface area contributed by atoms with E-state index >= 15 is 0 Å². The molecule has 6 heteroatoms. The van der Waals surface area contributed by atoms with Gasteiger partial charge in [0.1, 0.15) is 0 Å². The van der Waals surface area contributed by atoms with Crippen LogP contribution in [0.3, 0.4) is 0 Å². The minimum atomic E-state index is -0.180. The predicted octanol–water partition coefficient (Wildman–Crippen LogP) is 3.23. The molecule has 1 aromatic rings. The van der Waals surface area contributed by atoms with Crippen LogP contribution in [0.2, 0.25) is 10.0 Å². The number of amides is 2. The summed E-state index contributed by atoms with van der Waals surface area (Å²) in [6.07, 6.45) is 1.65. The van der Waals surface area contributed by atoms with Gasteiger partial charge in [-0.3, -0.25) is 0 Å². The number of piperidine rings is 1. The Hall–Kier alpha value is -0.970. The maximum atomic E-state index is 12.1. The molecule has 1 saturated heterocycles. The number of benzene rings is 1. The summed E-state index contributed by atoms with van der Waals surface area (Å²) in [5, 5.41) is 12.8. The molecule has 1 aliphatic rings. The quantitative estimate of drug-likeness (QED) is 0.881. The Morgan fingerprint density at radius 2 is 2.05 bits per heavy atom. The van der Waals surface area contributed by atoms with E-state index in [0.29, 0.717) is 34.7 Å². The molecule has 19 heavy (non-hydrogen) atoms. The van der Waals surface area contributed by atoms with Crippen molar-refractivity contribution in [1.29, 1.82) is 0 Å².